The van der Waals surface area contributed by atoms with Crippen molar-refractivity contribution in [3.63, 3.8) is 0 Å². The van der Waals surface area contributed by atoms with Gasteiger partial charge in [0.05, 0.1) is 17.9 Å². The smallest absolute Gasteiger partial charge is 0.241 e. The topological polar surface area (TPSA) is 85.8 Å². The van der Waals surface area contributed by atoms with Crippen LogP contribution < -0.4 is 11.1 Å². The maximum absolute atomic E-state index is 11.9. The first kappa shape index (κ1) is 14.2. The van der Waals surface area contributed by atoms with E-state index in [2.05, 4.69) is 15.4 Å². The van der Waals surface area contributed by atoms with E-state index in [0.717, 1.165) is 6.42 Å². The summed E-state index contributed by atoms with van der Waals surface area (Å²) in [5, 5.41) is 6.86. The van der Waals surface area contributed by atoms with E-state index in [9.17, 15) is 4.79 Å². The van der Waals surface area contributed by atoms with Crippen molar-refractivity contribution in [1.82, 2.24) is 14.8 Å². The molecule has 20 heavy (non-hydrogen) atoms. The SMILES string of the molecule is CCC(C)C(N)C(=O)Nc1ccc(-n2cccn2)nc1. The van der Waals surface area contributed by atoms with Crippen LogP contribution in [0.25, 0.3) is 5.82 Å². The second kappa shape index (κ2) is 6.29. The van der Waals surface area contributed by atoms with Gasteiger partial charge in [0.2, 0.25) is 5.91 Å². The highest BCUT2D eigenvalue weighted by atomic mass is 16.2. The van der Waals surface area contributed by atoms with E-state index in [1.165, 1.54) is 0 Å². The Bertz CT molecular complexity index is 549. The van der Waals surface area contributed by atoms with Gasteiger partial charge in [0, 0.05) is 12.4 Å². The summed E-state index contributed by atoms with van der Waals surface area (Å²) in [5.41, 5.74) is 6.51. The number of pyridine rings is 1. The molecule has 2 unspecified atom stereocenters. The fraction of sp³-hybridized carbons (Fsp3) is 0.357. The number of nitrogens with one attached hydrogen (secondary N) is 1. The molecule has 0 radical (unpaired) electrons. The molecule has 2 atom stereocenters. The van der Waals surface area contributed by atoms with Crippen molar-refractivity contribution in [2.24, 2.45) is 11.7 Å². The predicted molar refractivity (Wildman–Crippen MR) is 77.4 cm³/mol. The van der Waals surface area contributed by atoms with E-state index in [4.69, 9.17) is 5.73 Å². The monoisotopic (exact) mass is 273 g/mol. The fourth-order valence-electron chi connectivity index (χ4n) is 1.74. The van der Waals surface area contributed by atoms with Crippen molar-refractivity contribution in [1.29, 1.82) is 0 Å². The molecule has 0 fully saturated rings. The molecule has 0 aliphatic rings. The Kier molecular flexibility index (Phi) is 4.47. The summed E-state index contributed by atoms with van der Waals surface area (Å²) in [6.45, 7) is 3.97. The molecule has 6 heteroatoms. The number of aromatic nitrogens is 3. The van der Waals surface area contributed by atoms with Crippen molar-refractivity contribution in [2.45, 2.75) is 26.3 Å². The molecule has 2 aromatic heterocycles. The van der Waals surface area contributed by atoms with E-state index >= 15 is 0 Å². The number of carbonyl (C=O) groups excluding carboxylic acids is 1. The Labute approximate surface area is 118 Å². The number of nitrogens with two attached hydrogens (primary N) is 1. The molecule has 0 saturated heterocycles. The molecule has 0 aliphatic carbocycles. The molecule has 2 heterocycles. The van der Waals surface area contributed by atoms with Gasteiger partial charge in [-0.2, -0.15) is 5.10 Å². The lowest BCUT2D eigenvalue weighted by atomic mass is 9.99. The lowest BCUT2D eigenvalue weighted by molar-refractivity contribution is -0.118. The van der Waals surface area contributed by atoms with Crippen molar-refractivity contribution in [2.75, 3.05) is 5.32 Å². The number of amides is 1. The van der Waals surface area contributed by atoms with Crippen LogP contribution >= 0.6 is 0 Å². The van der Waals surface area contributed by atoms with E-state index in [1.807, 2.05) is 19.9 Å². The maximum Gasteiger partial charge on any atom is 0.241 e. The third kappa shape index (κ3) is 3.21. The molecule has 2 aromatic rings. The summed E-state index contributed by atoms with van der Waals surface area (Å²) in [5.74, 6) is 0.651. The lowest BCUT2D eigenvalue weighted by Crippen LogP contribution is -2.40. The minimum atomic E-state index is -0.509. The predicted octanol–water partition coefficient (Wildman–Crippen LogP) is 1.58. The first-order chi connectivity index (χ1) is 9.61. The standard InChI is InChI=1S/C14H19N5O/c1-3-10(2)13(15)14(20)18-11-5-6-12(16-9-11)19-8-4-7-17-19/h4-10,13H,3,15H2,1-2H3,(H,18,20). The summed E-state index contributed by atoms with van der Waals surface area (Å²) in [4.78, 5) is 16.2. The molecular weight excluding hydrogens is 254 g/mol. The van der Waals surface area contributed by atoms with Crippen LogP contribution in [0.1, 0.15) is 20.3 Å². The summed E-state index contributed by atoms with van der Waals surface area (Å²) < 4.78 is 1.65. The second-order valence-electron chi connectivity index (χ2n) is 4.76. The van der Waals surface area contributed by atoms with Crippen LogP contribution in [0.2, 0.25) is 0 Å². The highest BCUT2D eigenvalue weighted by Crippen LogP contribution is 2.11. The Morgan fingerprint density at radius 1 is 1.50 bits per heavy atom. The largest absolute Gasteiger partial charge is 0.323 e. The Hall–Kier alpha value is -2.21. The molecule has 0 aliphatic heterocycles. The summed E-state index contributed by atoms with van der Waals surface area (Å²) >= 11 is 0. The van der Waals surface area contributed by atoms with Crippen LogP contribution in [-0.2, 0) is 4.79 Å². The highest BCUT2D eigenvalue weighted by molar-refractivity contribution is 5.94. The minimum Gasteiger partial charge on any atom is -0.323 e. The van der Waals surface area contributed by atoms with Crippen LogP contribution in [0.4, 0.5) is 5.69 Å². The van der Waals surface area contributed by atoms with Gasteiger partial charge in [0.15, 0.2) is 5.82 Å². The number of carbonyl (C=O) groups is 1. The molecule has 1 amide bonds. The highest BCUT2D eigenvalue weighted by Gasteiger charge is 2.19. The normalized spacial score (nSPS) is 13.8. The fourth-order valence-corrected chi connectivity index (χ4v) is 1.74. The Balaban J connectivity index is 2.02. The molecule has 6 nitrogen and oxygen atoms in total. The zero-order valence-electron chi connectivity index (χ0n) is 11.7. The van der Waals surface area contributed by atoms with E-state index in [-0.39, 0.29) is 11.8 Å². The molecule has 106 valence electrons. The van der Waals surface area contributed by atoms with E-state index < -0.39 is 6.04 Å². The molecule has 0 spiro atoms. The Morgan fingerprint density at radius 2 is 2.30 bits per heavy atom. The zero-order chi connectivity index (χ0) is 14.5. The first-order valence-electron chi connectivity index (χ1n) is 6.64. The summed E-state index contributed by atoms with van der Waals surface area (Å²) in [7, 11) is 0. The van der Waals surface area contributed by atoms with Crippen molar-refractivity contribution >= 4 is 11.6 Å². The van der Waals surface area contributed by atoms with Gasteiger partial charge in [-0.1, -0.05) is 20.3 Å². The van der Waals surface area contributed by atoms with Gasteiger partial charge in [0.25, 0.3) is 0 Å². The van der Waals surface area contributed by atoms with E-state index in [0.29, 0.717) is 11.5 Å². The van der Waals surface area contributed by atoms with Gasteiger partial charge < -0.3 is 11.1 Å². The van der Waals surface area contributed by atoms with Gasteiger partial charge in [-0.3, -0.25) is 4.79 Å². The lowest BCUT2D eigenvalue weighted by Gasteiger charge is -2.17. The van der Waals surface area contributed by atoms with Gasteiger partial charge in [-0.05, 0) is 24.1 Å². The van der Waals surface area contributed by atoms with Gasteiger partial charge in [-0.25, -0.2) is 9.67 Å². The average molecular weight is 273 g/mol. The van der Waals surface area contributed by atoms with Crippen LogP contribution in [0.3, 0.4) is 0 Å². The molecular formula is C14H19N5O. The van der Waals surface area contributed by atoms with E-state index in [1.54, 1.807) is 35.4 Å². The third-order valence-electron chi connectivity index (χ3n) is 3.31. The quantitative estimate of drug-likeness (QED) is 0.866. The molecule has 0 aromatic carbocycles. The Morgan fingerprint density at radius 3 is 2.85 bits per heavy atom. The minimum absolute atomic E-state index is 0.145. The van der Waals surface area contributed by atoms with Gasteiger partial charge in [-0.15, -0.1) is 0 Å². The number of nitrogens with zero attached hydrogens (tertiary/aromatic N) is 3. The summed E-state index contributed by atoms with van der Waals surface area (Å²) in [6, 6.07) is 4.89. The maximum atomic E-state index is 11.9. The molecule has 0 bridgehead atoms. The zero-order valence-corrected chi connectivity index (χ0v) is 11.7. The van der Waals surface area contributed by atoms with Gasteiger partial charge >= 0.3 is 0 Å². The molecule has 0 saturated carbocycles. The van der Waals surface area contributed by atoms with Crippen molar-refractivity contribution in [3.05, 3.63) is 36.8 Å². The van der Waals surface area contributed by atoms with Crippen LogP contribution in [-0.4, -0.2) is 26.7 Å². The van der Waals surface area contributed by atoms with Crippen molar-refractivity contribution in [3.8, 4) is 5.82 Å². The van der Waals surface area contributed by atoms with Crippen LogP contribution in [0.15, 0.2) is 36.8 Å². The first-order valence-corrected chi connectivity index (χ1v) is 6.64. The van der Waals surface area contributed by atoms with Gasteiger partial charge in [0.1, 0.15) is 0 Å². The molecule has 2 rings (SSSR count). The summed E-state index contributed by atoms with van der Waals surface area (Å²) in [6.07, 6.45) is 5.95. The van der Waals surface area contributed by atoms with Crippen LogP contribution in [0, 0.1) is 5.92 Å². The van der Waals surface area contributed by atoms with Crippen molar-refractivity contribution < 1.29 is 4.79 Å². The molecule has 3 N–H and O–H groups in total. The number of anilines is 1. The number of hydrogen-bond donors (Lipinski definition) is 2. The number of rotatable bonds is 5. The second-order valence-corrected chi connectivity index (χ2v) is 4.76. The number of hydrogen-bond acceptors (Lipinski definition) is 4. The average Bonchev–Trinajstić information content (AvgIpc) is 3.00. The van der Waals surface area contributed by atoms with Crippen LogP contribution in [0.5, 0.6) is 0 Å². The third-order valence-corrected chi connectivity index (χ3v) is 3.31.